The SMILES string of the molecule is [2H]c1c([2H])c([2H])c(-c2c3ccccc3c(-c3ccc(-c4ccc(-c5cccc6c5ccc5cc7ccccc7cc56)cc4)cc3)c3ccccc23)c([2H])c1[2H]. The van der Waals surface area contributed by atoms with Crippen molar-refractivity contribution in [1.82, 2.24) is 0 Å². The predicted molar refractivity (Wildman–Crippen MR) is 216 cm³/mol. The highest BCUT2D eigenvalue weighted by Crippen LogP contribution is 2.44. The van der Waals surface area contributed by atoms with Gasteiger partial charge in [0.05, 0.1) is 6.85 Å². The third kappa shape index (κ3) is 4.61. The Balaban J connectivity index is 1.05. The molecule has 0 bridgehead atoms. The summed E-state index contributed by atoms with van der Waals surface area (Å²) in [6.07, 6.45) is 0. The van der Waals surface area contributed by atoms with E-state index in [2.05, 4.69) is 127 Å². The van der Waals surface area contributed by atoms with Crippen molar-refractivity contribution in [3.8, 4) is 44.5 Å². The highest BCUT2D eigenvalue weighted by Gasteiger charge is 2.16. The lowest BCUT2D eigenvalue weighted by Gasteiger charge is -2.18. The van der Waals surface area contributed by atoms with Crippen LogP contribution in [-0.2, 0) is 0 Å². The summed E-state index contributed by atoms with van der Waals surface area (Å²) >= 11 is 0. The van der Waals surface area contributed by atoms with Crippen molar-refractivity contribution < 1.29 is 6.85 Å². The first-order valence-corrected chi connectivity index (χ1v) is 16.9. The lowest BCUT2D eigenvalue weighted by Crippen LogP contribution is -1.90. The van der Waals surface area contributed by atoms with Crippen LogP contribution in [-0.4, -0.2) is 0 Å². The standard InChI is InChI=1S/C50H32/c1-2-11-36(12-3-1)49-44-15-6-8-17-46(44)50(47-18-9-7-16-45(47)49)37-27-23-34(24-28-37)33-21-25-35(26-22-33)41-19-10-20-42-43(41)30-29-40-31-38-13-4-5-14-39(38)32-48(40)42/h1-32H/i1D,2D,3D,11D,12D. The smallest absolute Gasteiger partial charge is 0.0622 e. The van der Waals surface area contributed by atoms with Crippen molar-refractivity contribution in [3.05, 3.63) is 194 Å². The van der Waals surface area contributed by atoms with Gasteiger partial charge >= 0.3 is 0 Å². The van der Waals surface area contributed by atoms with Gasteiger partial charge in [0.25, 0.3) is 0 Å². The molecule has 0 saturated heterocycles. The Morgan fingerprint density at radius 3 is 1.40 bits per heavy atom. The second kappa shape index (κ2) is 11.6. The van der Waals surface area contributed by atoms with Crippen LogP contribution in [0.1, 0.15) is 6.85 Å². The van der Waals surface area contributed by atoms with Crippen LogP contribution in [0.4, 0.5) is 0 Å². The first kappa shape index (κ1) is 23.8. The van der Waals surface area contributed by atoms with E-state index in [-0.39, 0.29) is 29.7 Å². The molecule has 10 rings (SSSR count). The van der Waals surface area contributed by atoms with Crippen molar-refractivity contribution in [3.63, 3.8) is 0 Å². The largest absolute Gasteiger partial charge is 0.0629 e. The molecule has 232 valence electrons. The summed E-state index contributed by atoms with van der Waals surface area (Å²) in [4.78, 5) is 0. The minimum atomic E-state index is -0.394. The highest BCUT2D eigenvalue weighted by atomic mass is 14.2. The molecule has 10 aromatic carbocycles. The van der Waals surface area contributed by atoms with E-state index in [0.717, 1.165) is 43.8 Å². The molecule has 0 fully saturated rings. The Labute approximate surface area is 298 Å². The number of rotatable bonds is 4. The van der Waals surface area contributed by atoms with Gasteiger partial charge in [-0.3, -0.25) is 0 Å². The average molecular weight is 638 g/mol. The number of hydrogen-bond acceptors (Lipinski definition) is 0. The average Bonchev–Trinajstić information content (AvgIpc) is 3.24. The molecule has 0 aliphatic carbocycles. The Kier molecular flexibility index (Phi) is 5.50. The first-order valence-electron chi connectivity index (χ1n) is 19.4. The van der Waals surface area contributed by atoms with Crippen molar-refractivity contribution in [2.24, 2.45) is 0 Å². The Morgan fingerprint density at radius 1 is 0.280 bits per heavy atom. The van der Waals surface area contributed by atoms with E-state index in [9.17, 15) is 0 Å². The summed E-state index contributed by atoms with van der Waals surface area (Å²) in [5.41, 5.74) is 7.56. The lowest BCUT2D eigenvalue weighted by molar-refractivity contribution is 1.60. The first-order chi connectivity index (χ1) is 26.9. The van der Waals surface area contributed by atoms with Crippen LogP contribution in [0.15, 0.2) is 194 Å². The fourth-order valence-electron chi connectivity index (χ4n) is 7.79. The van der Waals surface area contributed by atoms with Crippen LogP contribution in [0.2, 0.25) is 0 Å². The van der Waals surface area contributed by atoms with Crippen molar-refractivity contribution in [2.75, 3.05) is 0 Å². The monoisotopic (exact) mass is 637 g/mol. The van der Waals surface area contributed by atoms with Gasteiger partial charge in [0, 0.05) is 0 Å². The van der Waals surface area contributed by atoms with E-state index in [1.807, 2.05) is 36.4 Å². The molecule has 0 aliphatic heterocycles. The van der Waals surface area contributed by atoms with Crippen molar-refractivity contribution in [1.29, 1.82) is 0 Å². The molecule has 0 unspecified atom stereocenters. The summed E-state index contributed by atoms with van der Waals surface area (Å²) in [6.45, 7) is 0. The zero-order chi connectivity index (χ0) is 37.4. The van der Waals surface area contributed by atoms with Gasteiger partial charge in [-0.2, -0.15) is 0 Å². The van der Waals surface area contributed by atoms with E-state index in [1.54, 1.807) is 0 Å². The van der Waals surface area contributed by atoms with Gasteiger partial charge in [0.15, 0.2) is 0 Å². The second-order valence-corrected chi connectivity index (χ2v) is 12.9. The zero-order valence-corrected chi connectivity index (χ0v) is 27.1. The summed E-state index contributed by atoms with van der Waals surface area (Å²) in [5, 5.41) is 11.1. The zero-order valence-electron chi connectivity index (χ0n) is 32.1. The fourth-order valence-corrected chi connectivity index (χ4v) is 7.79. The Bertz CT molecular complexity index is 3100. The molecule has 0 spiro atoms. The molecule has 0 heteroatoms. The van der Waals surface area contributed by atoms with E-state index >= 15 is 0 Å². The molecule has 10 aromatic rings. The van der Waals surface area contributed by atoms with E-state index in [0.29, 0.717) is 5.56 Å². The van der Waals surface area contributed by atoms with Crippen molar-refractivity contribution >= 4 is 53.9 Å². The molecule has 0 heterocycles. The third-order valence-corrected chi connectivity index (χ3v) is 10.1. The Hall–Kier alpha value is -6.50. The van der Waals surface area contributed by atoms with Gasteiger partial charge in [-0.05, 0) is 111 Å². The molecule has 0 aliphatic rings. The van der Waals surface area contributed by atoms with Crippen LogP contribution >= 0.6 is 0 Å². The number of benzene rings is 10. The van der Waals surface area contributed by atoms with E-state index < -0.39 is 6.04 Å². The molecule has 0 saturated carbocycles. The van der Waals surface area contributed by atoms with Crippen LogP contribution < -0.4 is 0 Å². The predicted octanol–water partition coefficient (Wildman–Crippen LogP) is 14.1. The molecular formula is C50H32. The molecular weight excluding hydrogens is 601 g/mol. The van der Waals surface area contributed by atoms with Crippen LogP contribution in [0.5, 0.6) is 0 Å². The molecule has 0 N–H and O–H groups in total. The molecule has 50 heavy (non-hydrogen) atoms. The Morgan fingerprint density at radius 2 is 0.780 bits per heavy atom. The minimum Gasteiger partial charge on any atom is -0.0622 e. The molecule has 0 amide bonds. The van der Waals surface area contributed by atoms with Gasteiger partial charge in [-0.1, -0.05) is 182 Å². The van der Waals surface area contributed by atoms with Gasteiger partial charge in [0.2, 0.25) is 0 Å². The normalized spacial score (nSPS) is 13.0. The fraction of sp³-hybridized carbons (Fsp3) is 0. The molecule has 0 nitrogen and oxygen atoms in total. The quantitative estimate of drug-likeness (QED) is 0.133. The maximum absolute atomic E-state index is 8.82. The summed E-state index contributed by atoms with van der Waals surface area (Å²) in [6, 6.07) is 56.1. The summed E-state index contributed by atoms with van der Waals surface area (Å²) < 4.78 is 42.6. The maximum Gasteiger partial charge on any atom is 0.0629 e. The number of hydrogen-bond donors (Lipinski definition) is 0. The third-order valence-electron chi connectivity index (χ3n) is 10.1. The molecule has 0 atom stereocenters. The second-order valence-electron chi connectivity index (χ2n) is 12.9. The number of fused-ring (bicyclic) bond motifs is 6. The maximum atomic E-state index is 8.82. The van der Waals surface area contributed by atoms with E-state index in [1.165, 1.54) is 43.4 Å². The summed E-state index contributed by atoms with van der Waals surface area (Å²) in [7, 11) is 0. The molecule has 0 radical (unpaired) electrons. The van der Waals surface area contributed by atoms with Gasteiger partial charge < -0.3 is 0 Å². The van der Waals surface area contributed by atoms with Crippen LogP contribution in [0.3, 0.4) is 0 Å². The van der Waals surface area contributed by atoms with Crippen molar-refractivity contribution in [2.45, 2.75) is 0 Å². The minimum absolute atomic E-state index is 0.202. The van der Waals surface area contributed by atoms with E-state index in [4.69, 9.17) is 6.85 Å². The topological polar surface area (TPSA) is 0 Å². The summed E-state index contributed by atoms with van der Waals surface area (Å²) in [5.74, 6) is 0. The lowest BCUT2D eigenvalue weighted by atomic mass is 9.85. The van der Waals surface area contributed by atoms with Gasteiger partial charge in [-0.25, -0.2) is 0 Å². The highest BCUT2D eigenvalue weighted by molar-refractivity contribution is 6.21. The molecule has 0 aromatic heterocycles. The van der Waals surface area contributed by atoms with Crippen LogP contribution in [0, 0.1) is 0 Å². The van der Waals surface area contributed by atoms with Crippen LogP contribution in [0.25, 0.3) is 98.4 Å². The van der Waals surface area contributed by atoms with Gasteiger partial charge in [0.1, 0.15) is 0 Å². The van der Waals surface area contributed by atoms with Gasteiger partial charge in [-0.15, -0.1) is 0 Å².